The molecule has 4 rings (SSSR count). The number of hydrogen-bond donors (Lipinski definition) is 0. The second kappa shape index (κ2) is 7.11. The highest BCUT2D eigenvalue weighted by atomic mass is 16.2. The van der Waals surface area contributed by atoms with Gasteiger partial charge in [0.25, 0.3) is 0 Å². The van der Waals surface area contributed by atoms with E-state index in [0.29, 0.717) is 42.2 Å². The van der Waals surface area contributed by atoms with Crippen molar-refractivity contribution in [1.82, 2.24) is 4.90 Å². The van der Waals surface area contributed by atoms with Crippen molar-refractivity contribution in [3.05, 3.63) is 11.6 Å². The Morgan fingerprint density at radius 1 is 1.18 bits per heavy atom. The number of allylic oxidation sites excluding steroid dienone is 2. The predicted octanol–water partition coefficient (Wildman–Crippen LogP) is 4.33. The molecule has 28 heavy (non-hydrogen) atoms. The van der Waals surface area contributed by atoms with Crippen molar-refractivity contribution < 1.29 is 14.4 Å². The Morgan fingerprint density at radius 3 is 2.68 bits per heavy atom. The lowest BCUT2D eigenvalue weighted by atomic mass is 9.47. The SMILES string of the molecule is CCN(CC[C@]12CCC(=O)CC1=CC[C@@H]1[C@@H]2CC[C@]2(C)C(=O)CC[C@@H]12)C(C)=O. The van der Waals surface area contributed by atoms with Gasteiger partial charge in [-0.1, -0.05) is 18.6 Å². The minimum absolute atomic E-state index is 0.0622. The van der Waals surface area contributed by atoms with E-state index in [9.17, 15) is 14.4 Å². The Hall–Kier alpha value is -1.45. The Bertz CT molecular complexity index is 725. The van der Waals surface area contributed by atoms with Gasteiger partial charge < -0.3 is 4.90 Å². The van der Waals surface area contributed by atoms with Crippen LogP contribution < -0.4 is 0 Å². The van der Waals surface area contributed by atoms with Crippen LogP contribution in [0.1, 0.15) is 78.6 Å². The lowest BCUT2D eigenvalue weighted by Gasteiger charge is -2.57. The summed E-state index contributed by atoms with van der Waals surface area (Å²) < 4.78 is 0. The van der Waals surface area contributed by atoms with Crippen LogP contribution in [0.2, 0.25) is 0 Å². The molecule has 4 aliphatic carbocycles. The van der Waals surface area contributed by atoms with Crippen molar-refractivity contribution in [3.63, 3.8) is 0 Å². The van der Waals surface area contributed by atoms with E-state index in [1.54, 1.807) is 6.92 Å². The molecule has 4 aliphatic rings. The van der Waals surface area contributed by atoms with Crippen LogP contribution in [0.15, 0.2) is 11.6 Å². The Labute approximate surface area is 169 Å². The van der Waals surface area contributed by atoms with Crippen LogP contribution in [0.25, 0.3) is 0 Å². The number of hydrogen-bond acceptors (Lipinski definition) is 3. The van der Waals surface area contributed by atoms with Gasteiger partial charge in [0.15, 0.2) is 0 Å². The van der Waals surface area contributed by atoms with Gasteiger partial charge in [-0.3, -0.25) is 14.4 Å². The van der Waals surface area contributed by atoms with Crippen LogP contribution in [0.5, 0.6) is 0 Å². The summed E-state index contributed by atoms with van der Waals surface area (Å²) in [5, 5.41) is 0. The van der Waals surface area contributed by atoms with Crippen molar-refractivity contribution in [2.24, 2.45) is 28.6 Å². The molecule has 0 N–H and O–H groups in total. The first kappa shape index (κ1) is 19.8. The Morgan fingerprint density at radius 2 is 1.96 bits per heavy atom. The molecule has 0 aromatic heterocycles. The van der Waals surface area contributed by atoms with Gasteiger partial charge in [-0.2, -0.15) is 0 Å². The number of ketones is 2. The molecule has 0 radical (unpaired) electrons. The molecule has 3 saturated carbocycles. The summed E-state index contributed by atoms with van der Waals surface area (Å²) in [5.74, 6) is 2.62. The number of amides is 1. The molecular weight excluding hydrogens is 350 g/mol. The van der Waals surface area contributed by atoms with E-state index in [0.717, 1.165) is 58.0 Å². The van der Waals surface area contributed by atoms with E-state index in [1.165, 1.54) is 5.57 Å². The molecule has 0 aromatic rings. The summed E-state index contributed by atoms with van der Waals surface area (Å²) >= 11 is 0. The molecule has 1 amide bonds. The summed E-state index contributed by atoms with van der Waals surface area (Å²) in [5.41, 5.74) is 1.30. The van der Waals surface area contributed by atoms with E-state index in [4.69, 9.17) is 0 Å². The first-order chi connectivity index (χ1) is 13.3. The van der Waals surface area contributed by atoms with Gasteiger partial charge in [-0.25, -0.2) is 0 Å². The highest BCUT2D eigenvalue weighted by molar-refractivity contribution is 5.87. The second-order valence-electron chi connectivity index (χ2n) is 9.98. The van der Waals surface area contributed by atoms with Crippen molar-refractivity contribution in [3.8, 4) is 0 Å². The number of carbonyl (C=O) groups excluding carboxylic acids is 3. The van der Waals surface area contributed by atoms with Gasteiger partial charge in [0, 0.05) is 44.7 Å². The zero-order chi connectivity index (χ0) is 20.1. The minimum atomic E-state index is -0.118. The van der Waals surface area contributed by atoms with Gasteiger partial charge >= 0.3 is 0 Å². The summed E-state index contributed by atoms with van der Waals surface area (Å²) in [7, 11) is 0. The molecule has 5 atom stereocenters. The Balaban J connectivity index is 1.66. The van der Waals surface area contributed by atoms with Gasteiger partial charge in [-0.15, -0.1) is 0 Å². The summed E-state index contributed by atoms with van der Waals surface area (Å²) in [6, 6.07) is 0. The number of Topliss-reactive ketones (excluding diaryl/α,β-unsaturated/α-hetero) is 2. The number of rotatable bonds is 4. The number of carbonyl (C=O) groups is 3. The van der Waals surface area contributed by atoms with Gasteiger partial charge in [0.05, 0.1) is 0 Å². The van der Waals surface area contributed by atoms with E-state index >= 15 is 0 Å². The van der Waals surface area contributed by atoms with Crippen LogP contribution in [0.3, 0.4) is 0 Å². The molecule has 0 spiro atoms. The molecule has 0 aromatic carbocycles. The fourth-order valence-electron chi connectivity index (χ4n) is 7.39. The Kier molecular flexibility index (Phi) is 5.04. The third-order valence-corrected chi connectivity index (χ3v) is 9.02. The average Bonchev–Trinajstić information content (AvgIpc) is 2.97. The molecule has 4 nitrogen and oxygen atoms in total. The quantitative estimate of drug-likeness (QED) is 0.677. The van der Waals surface area contributed by atoms with Gasteiger partial charge in [0.1, 0.15) is 11.6 Å². The number of fused-ring (bicyclic) bond motifs is 5. The van der Waals surface area contributed by atoms with Crippen molar-refractivity contribution >= 4 is 17.5 Å². The monoisotopic (exact) mass is 385 g/mol. The van der Waals surface area contributed by atoms with Gasteiger partial charge in [-0.05, 0) is 68.6 Å². The highest BCUT2D eigenvalue weighted by Crippen LogP contribution is 2.64. The van der Waals surface area contributed by atoms with Crippen molar-refractivity contribution in [1.29, 1.82) is 0 Å². The van der Waals surface area contributed by atoms with Crippen LogP contribution in [-0.4, -0.2) is 35.5 Å². The maximum absolute atomic E-state index is 12.6. The fraction of sp³-hybridized carbons (Fsp3) is 0.792. The summed E-state index contributed by atoms with van der Waals surface area (Å²) in [4.78, 5) is 38.8. The zero-order valence-electron chi connectivity index (χ0n) is 17.8. The minimum Gasteiger partial charge on any atom is -0.343 e. The lowest BCUT2D eigenvalue weighted by Crippen LogP contribution is -2.52. The van der Waals surface area contributed by atoms with E-state index in [2.05, 4.69) is 13.0 Å². The maximum Gasteiger partial charge on any atom is 0.219 e. The average molecular weight is 386 g/mol. The molecule has 4 heteroatoms. The maximum atomic E-state index is 12.6. The molecule has 0 heterocycles. The van der Waals surface area contributed by atoms with E-state index in [1.807, 2.05) is 11.8 Å². The van der Waals surface area contributed by atoms with Crippen LogP contribution in [0.4, 0.5) is 0 Å². The van der Waals surface area contributed by atoms with Crippen LogP contribution >= 0.6 is 0 Å². The third-order valence-electron chi connectivity index (χ3n) is 9.02. The topological polar surface area (TPSA) is 54.5 Å². The first-order valence-electron chi connectivity index (χ1n) is 11.3. The normalized spacial score (nSPS) is 39.7. The standard InChI is InChI=1S/C24H35NO3/c1-4-25(16(2)26)14-13-24-12-9-18(27)15-17(24)5-6-19-20-7-8-22(28)23(20,3)11-10-21(19)24/h5,19-21H,4,6-15H2,1-3H3/t19-,20-,21-,23-,24+/m0/s1. The molecule has 0 unspecified atom stereocenters. The first-order valence-corrected chi connectivity index (χ1v) is 11.3. The smallest absolute Gasteiger partial charge is 0.219 e. The molecule has 0 saturated heterocycles. The summed E-state index contributed by atoms with van der Waals surface area (Å²) in [6.45, 7) is 7.43. The van der Waals surface area contributed by atoms with E-state index in [-0.39, 0.29) is 16.7 Å². The van der Waals surface area contributed by atoms with Crippen LogP contribution in [0, 0.1) is 28.6 Å². The highest BCUT2D eigenvalue weighted by Gasteiger charge is 2.59. The lowest BCUT2D eigenvalue weighted by molar-refractivity contribution is -0.134. The van der Waals surface area contributed by atoms with Crippen molar-refractivity contribution in [2.75, 3.05) is 13.1 Å². The molecule has 0 bridgehead atoms. The van der Waals surface area contributed by atoms with Gasteiger partial charge in [0.2, 0.25) is 5.91 Å². The molecular formula is C24H35NO3. The molecule has 0 aliphatic heterocycles. The molecule has 154 valence electrons. The molecule has 3 fully saturated rings. The predicted molar refractivity (Wildman–Crippen MR) is 109 cm³/mol. The largest absolute Gasteiger partial charge is 0.343 e. The number of nitrogens with zero attached hydrogens (tertiary/aromatic N) is 1. The van der Waals surface area contributed by atoms with E-state index < -0.39 is 0 Å². The van der Waals surface area contributed by atoms with Crippen molar-refractivity contribution in [2.45, 2.75) is 78.6 Å². The summed E-state index contributed by atoms with van der Waals surface area (Å²) in [6.07, 6.45) is 10.5. The van der Waals surface area contributed by atoms with Crippen LogP contribution in [-0.2, 0) is 14.4 Å². The fourth-order valence-corrected chi connectivity index (χ4v) is 7.39. The second-order valence-corrected chi connectivity index (χ2v) is 9.98. The third kappa shape index (κ3) is 2.90. The zero-order valence-corrected chi connectivity index (χ0v) is 17.8.